The fourth-order valence-corrected chi connectivity index (χ4v) is 2.67. The van der Waals surface area contributed by atoms with E-state index in [4.69, 9.17) is 4.74 Å². The molecular formula is C20H18FN3O3. The standard InChI is InChI=1S/C20H18FN3O3/c1-13-10-18(25)19(23-24(13)17-9-4-3-8-16(17)21)20(26)22-15-7-5-6-14(11-15)12-27-2/h3-11H,12H2,1-2H3,(H,22,26). The van der Waals surface area contributed by atoms with E-state index in [0.29, 0.717) is 18.0 Å². The molecule has 0 fully saturated rings. The summed E-state index contributed by atoms with van der Waals surface area (Å²) in [6, 6.07) is 14.3. The normalized spacial score (nSPS) is 10.6. The summed E-state index contributed by atoms with van der Waals surface area (Å²) >= 11 is 0. The summed E-state index contributed by atoms with van der Waals surface area (Å²) in [6.45, 7) is 2.02. The first kappa shape index (κ1) is 18.5. The van der Waals surface area contributed by atoms with Crippen LogP contribution in [0.5, 0.6) is 0 Å². The first-order valence-electron chi connectivity index (χ1n) is 8.24. The van der Waals surface area contributed by atoms with Crippen molar-refractivity contribution in [1.29, 1.82) is 0 Å². The van der Waals surface area contributed by atoms with Crippen LogP contribution in [0.2, 0.25) is 0 Å². The Morgan fingerprint density at radius 1 is 1.19 bits per heavy atom. The highest BCUT2D eigenvalue weighted by Crippen LogP contribution is 2.15. The van der Waals surface area contributed by atoms with Gasteiger partial charge in [-0.1, -0.05) is 24.3 Å². The van der Waals surface area contributed by atoms with Crippen molar-refractivity contribution in [1.82, 2.24) is 9.78 Å². The molecule has 1 aromatic heterocycles. The predicted molar refractivity (Wildman–Crippen MR) is 99.6 cm³/mol. The Kier molecular flexibility index (Phi) is 5.42. The number of benzene rings is 2. The van der Waals surface area contributed by atoms with Crippen molar-refractivity contribution >= 4 is 11.6 Å². The molecule has 0 saturated heterocycles. The van der Waals surface area contributed by atoms with E-state index in [0.717, 1.165) is 5.56 Å². The zero-order valence-electron chi connectivity index (χ0n) is 14.9. The number of aryl methyl sites for hydroxylation is 1. The van der Waals surface area contributed by atoms with Crippen molar-refractivity contribution < 1.29 is 13.9 Å². The first-order valence-corrected chi connectivity index (χ1v) is 8.24. The molecule has 0 radical (unpaired) electrons. The number of carbonyl (C=O) groups is 1. The molecule has 1 heterocycles. The molecule has 0 atom stereocenters. The lowest BCUT2D eigenvalue weighted by atomic mass is 10.2. The molecule has 138 valence electrons. The van der Waals surface area contributed by atoms with Crippen LogP contribution in [0.4, 0.5) is 10.1 Å². The third kappa shape index (κ3) is 4.09. The third-order valence-corrected chi connectivity index (χ3v) is 3.90. The highest BCUT2D eigenvalue weighted by atomic mass is 19.1. The second-order valence-corrected chi connectivity index (χ2v) is 5.95. The van der Waals surface area contributed by atoms with Crippen molar-refractivity contribution in [2.24, 2.45) is 0 Å². The molecule has 0 aliphatic carbocycles. The number of nitrogens with zero attached hydrogens (tertiary/aromatic N) is 2. The van der Waals surface area contributed by atoms with Gasteiger partial charge in [0.05, 0.1) is 6.61 Å². The van der Waals surface area contributed by atoms with Gasteiger partial charge < -0.3 is 10.1 Å². The number of hydrogen-bond acceptors (Lipinski definition) is 4. The maximum Gasteiger partial charge on any atom is 0.280 e. The number of nitrogens with one attached hydrogen (secondary N) is 1. The second kappa shape index (κ2) is 7.92. The monoisotopic (exact) mass is 367 g/mol. The summed E-state index contributed by atoms with van der Waals surface area (Å²) in [6.07, 6.45) is 0. The Balaban J connectivity index is 1.96. The molecule has 0 aliphatic rings. The van der Waals surface area contributed by atoms with Gasteiger partial charge in [-0.3, -0.25) is 9.59 Å². The molecule has 2 aromatic carbocycles. The van der Waals surface area contributed by atoms with E-state index in [-0.39, 0.29) is 11.4 Å². The fourth-order valence-electron chi connectivity index (χ4n) is 2.67. The van der Waals surface area contributed by atoms with Crippen LogP contribution in [0.1, 0.15) is 21.7 Å². The molecule has 27 heavy (non-hydrogen) atoms. The summed E-state index contributed by atoms with van der Waals surface area (Å²) in [5.74, 6) is -1.17. The fraction of sp³-hybridized carbons (Fsp3) is 0.150. The van der Waals surface area contributed by atoms with Crippen LogP contribution in [-0.2, 0) is 11.3 Å². The predicted octanol–water partition coefficient (Wildman–Crippen LogP) is 3.08. The van der Waals surface area contributed by atoms with Gasteiger partial charge >= 0.3 is 0 Å². The van der Waals surface area contributed by atoms with Crippen LogP contribution < -0.4 is 10.7 Å². The number of hydrogen-bond donors (Lipinski definition) is 1. The first-order chi connectivity index (χ1) is 13.0. The quantitative estimate of drug-likeness (QED) is 0.752. The zero-order valence-corrected chi connectivity index (χ0v) is 14.9. The van der Waals surface area contributed by atoms with E-state index in [9.17, 15) is 14.0 Å². The van der Waals surface area contributed by atoms with E-state index in [2.05, 4.69) is 10.4 Å². The minimum absolute atomic E-state index is 0.158. The van der Waals surface area contributed by atoms with E-state index in [1.165, 1.54) is 22.9 Å². The van der Waals surface area contributed by atoms with Crippen molar-refractivity contribution in [3.63, 3.8) is 0 Å². The molecule has 0 unspecified atom stereocenters. The van der Waals surface area contributed by atoms with Crippen LogP contribution in [0.25, 0.3) is 5.69 Å². The van der Waals surface area contributed by atoms with Gasteiger partial charge in [-0.15, -0.1) is 0 Å². The van der Waals surface area contributed by atoms with Crippen molar-refractivity contribution in [2.75, 3.05) is 12.4 Å². The lowest BCUT2D eigenvalue weighted by Crippen LogP contribution is -2.27. The molecule has 7 heteroatoms. The number of methoxy groups -OCH3 is 1. The average molecular weight is 367 g/mol. The minimum Gasteiger partial charge on any atom is -0.380 e. The van der Waals surface area contributed by atoms with Gasteiger partial charge in [0.1, 0.15) is 11.5 Å². The van der Waals surface area contributed by atoms with Gasteiger partial charge in [0, 0.05) is 24.6 Å². The number of anilines is 1. The van der Waals surface area contributed by atoms with Crippen LogP contribution in [0, 0.1) is 12.7 Å². The minimum atomic E-state index is -0.667. The number of ether oxygens (including phenoxy) is 1. The summed E-state index contributed by atoms with van der Waals surface area (Å²) < 4.78 is 20.4. The summed E-state index contributed by atoms with van der Waals surface area (Å²) in [5.41, 5.74) is 1.10. The average Bonchev–Trinajstić information content (AvgIpc) is 2.63. The molecule has 0 saturated carbocycles. The molecule has 0 bridgehead atoms. The van der Waals surface area contributed by atoms with Gasteiger partial charge in [-0.25, -0.2) is 9.07 Å². The van der Waals surface area contributed by atoms with E-state index in [1.54, 1.807) is 44.4 Å². The van der Waals surface area contributed by atoms with Gasteiger partial charge in [0.15, 0.2) is 5.69 Å². The lowest BCUT2D eigenvalue weighted by molar-refractivity contribution is 0.101. The number of halogens is 1. The third-order valence-electron chi connectivity index (χ3n) is 3.90. The SMILES string of the molecule is COCc1cccc(NC(=O)c2nn(-c3ccccc3F)c(C)cc2=O)c1. The Morgan fingerprint density at radius 2 is 1.96 bits per heavy atom. The Morgan fingerprint density at radius 3 is 2.70 bits per heavy atom. The smallest absolute Gasteiger partial charge is 0.280 e. The largest absolute Gasteiger partial charge is 0.380 e. The van der Waals surface area contributed by atoms with E-state index < -0.39 is 17.2 Å². The highest BCUT2D eigenvalue weighted by Gasteiger charge is 2.17. The van der Waals surface area contributed by atoms with Gasteiger partial charge in [-0.2, -0.15) is 5.10 Å². The number of amides is 1. The molecule has 3 aromatic rings. The topological polar surface area (TPSA) is 73.2 Å². The Hall–Kier alpha value is -3.32. The van der Waals surface area contributed by atoms with E-state index >= 15 is 0 Å². The number of aromatic nitrogens is 2. The van der Waals surface area contributed by atoms with Crippen LogP contribution >= 0.6 is 0 Å². The van der Waals surface area contributed by atoms with Gasteiger partial charge in [0.2, 0.25) is 5.43 Å². The summed E-state index contributed by atoms with van der Waals surface area (Å²) in [7, 11) is 1.58. The summed E-state index contributed by atoms with van der Waals surface area (Å²) in [4.78, 5) is 24.8. The van der Waals surface area contributed by atoms with Gasteiger partial charge in [0.25, 0.3) is 5.91 Å². The molecule has 0 aliphatic heterocycles. The molecule has 0 spiro atoms. The maximum atomic E-state index is 14.1. The summed E-state index contributed by atoms with van der Waals surface area (Å²) in [5, 5.41) is 6.73. The van der Waals surface area contributed by atoms with Crippen LogP contribution in [-0.4, -0.2) is 22.8 Å². The van der Waals surface area contributed by atoms with Crippen LogP contribution in [0.3, 0.4) is 0 Å². The molecule has 6 nitrogen and oxygen atoms in total. The lowest BCUT2D eigenvalue weighted by Gasteiger charge is -2.12. The second-order valence-electron chi connectivity index (χ2n) is 5.95. The zero-order chi connectivity index (χ0) is 19.4. The highest BCUT2D eigenvalue weighted by molar-refractivity contribution is 6.02. The van der Waals surface area contributed by atoms with Crippen molar-refractivity contribution in [2.45, 2.75) is 13.5 Å². The van der Waals surface area contributed by atoms with E-state index in [1.807, 2.05) is 6.07 Å². The number of rotatable bonds is 5. The number of para-hydroxylation sites is 1. The van der Waals surface area contributed by atoms with Gasteiger partial charge in [-0.05, 0) is 36.8 Å². The molecular weight excluding hydrogens is 349 g/mol. The molecule has 1 amide bonds. The molecule has 3 rings (SSSR count). The van der Waals surface area contributed by atoms with Crippen molar-refractivity contribution in [3.05, 3.63) is 87.6 Å². The molecule has 1 N–H and O–H groups in total. The Labute approximate surface area is 155 Å². The van der Waals surface area contributed by atoms with Crippen LogP contribution in [0.15, 0.2) is 59.4 Å². The van der Waals surface area contributed by atoms with Crippen molar-refractivity contribution in [3.8, 4) is 5.69 Å². The maximum absolute atomic E-state index is 14.1. The Bertz CT molecular complexity index is 1050. The number of carbonyl (C=O) groups excluding carboxylic acids is 1.